The standard InChI is InChI=1S/C29H33NO4/c1-20-26-14-11-24(32)19-27(26)34-29(28(20)21-5-9-23(31)10-6-21)22-7-12-25(13-8-22)33-18-17-30-15-3-2-4-16-30/h5-14,24,29,31-32H,2-4,15-19H2,1H3/t24?,29-/m0/s1. The molecule has 5 heteroatoms. The minimum Gasteiger partial charge on any atom is -0.508 e. The van der Waals surface area contributed by atoms with Crippen LogP contribution in [0, 0.1) is 0 Å². The number of aromatic hydroxyl groups is 1. The van der Waals surface area contributed by atoms with Gasteiger partial charge in [0.2, 0.25) is 0 Å². The summed E-state index contributed by atoms with van der Waals surface area (Å²) in [6.45, 7) is 6.11. The lowest BCUT2D eigenvalue weighted by molar-refractivity contribution is 0.119. The van der Waals surface area contributed by atoms with Crippen LogP contribution in [0.3, 0.4) is 0 Å². The van der Waals surface area contributed by atoms with Gasteiger partial charge in [0, 0.05) is 24.1 Å². The van der Waals surface area contributed by atoms with Crippen molar-refractivity contribution < 1.29 is 19.7 Å². The molecule has 0 aromatic heterocycles. The predicted molar refractivity (Wildman–Crippen MR) is 134 cm³/mol. The van der Waals surface area contributed by atoms with Crippen LogP contribution in [0.15, 0.2) is 77.6 Å². The molecule has 1 aliphatic carbocycles. The zero-order valence-electron chi connectivity index (χ0n) is 19.7. The molecule has 2 atom stereocenters. The molecule has 0 spiro atoms. The van der Waals surface area contributed by atoms with E-state index in [9.17, 15) is 10.2 Å². The third kappa shape index (κ3) is 4.91. The van der Waals surface area contributed by atoms with E-state index in [0.29, 0.717) is 13.0 Å². The van der Waals surface area contributed by atoms with Crippen LogP contribution < -0.4 is 4.74 Å². The van der Waals surface area contributed by atoms with E-state index in [2.05, 4.69) is 24.0 Å². The Morgan fingerprint density at radius 2 is 1.74 bits per heavy atom. The van der Waals surface area contributed by atoms with Crippen molar-refractivity contribution in [2.45, 2.75) is 44.8 Å². The lowest BCUT2D eigenvalue weighted by atomic mass is 9.84. The number of aliphatic hydroxyl groups excluding tert-OH is 1. The Morgan fingerprint density at radius 1 is 1.00 bits per heavy atom. The Kier molecular flexibility index (Phi) is 6.75. The number of hydrogen-bond donors (Lipinski definition) is 2. The lowest BCUT2D eigenvalue weighted by Crippen LogP contribution is -2.33. The van der Waals surface area contributed by atoms with Crippen molar-refractivity contribution in [2.75, 3.05) is 26.2 Å². The largest absolute Gasteiger partial charge is 0.508 e. The SMILES string of the molecule is CC1=C(c2ccc(O)cc2)[C@H](c2ccc(OCCN3CCCCC3)cc2)OC2=C1C=CC(O)C2. The zero-order chi connectivity index (χ0) is 23.5. The molecule has 178 valence electrons. The number of hydrogen-bond acceptors (Lipinski definition) is 5. The molecular weight excluding hydrogens is 426 g/mol. The van der Waals surface area contributed by atoms with Crippen molar-refractivity contribution in [1.82, 2.24) is 4.90 Å². The van der Waals surface area contributed by atoms with Crippen LogP contribution in [0.5, 0.6) is 11.5 Å². The van der Waals surface area contributed by atoms with Gasteiger partial charge in [-0.1, -0.05) is 42.8 Å². The number of benzene rings is 2. The van der Waals surface area contributed by atoms with Gasteiger partial charge in [0.05, 0.1) is 6.10 Å². The second-order valence-corrected chi connectivity index (χ2v) is 9.37. The fourth-order valence-corrected chi connectivity index (χ4v) is 5.11. The van der Waals surface area contributed by atoms with Crippen LogP contribution in [0.4, 0.5) is 0 Å². The molecule has 5 rings (SSSR count). The molecule has 0 radical (unpaired) electrons. The van der Waals surface area contributed by atoms with Gasteiger partial charge >= 0.3 is 0 Å². The summed E-state index contributed by atoms with van der Waals surface area (Å²) in [6.07, 6.45) is 7.33. The lowest BCUT2D eigenvalue weighted by Gasteiger charge is -2.34. The highest BCUT2D eigenvalue weighted by atomic mass is 16.5. The average molecular weight is 460 g/mol. The van der Waals surface area contributed by atoms with Gasteiger partial charge in [0.1, 0.15) is 30.0 Å². The summed E-state index contributed by atoms with van der Waals surface area (Å²) in [7, 11) is 0. The molecule has 1 saturated heterocycles. The summed E-state index contributed by atoms with van der Waals surface area (Å²) < 4.78 is 12.5. The fourth-order valence-electron chi connectivity index (χ4n) is 5.11. The fraction of sp³-hybridized carbons (Fsp3) is 0.379. The van der Waals surface area contributed by atoms with E-state index in [1.54, 1.807) is 12.1 Å². The number of aliphatic hydroxyl groups is 1. The van der Waals surface area contributed by atoms with Gasteiger partial charge in [-0.25, -0.2) is 0 Å². The van der Waals surface area contributed by atoms with Crippen molar-refractivity contribution in [3.63, 3.8) is 0 Å². The van der Waals surface area contributed by atoms with E-state index in [4.69, 9.17) is 9.47 Å². The van der Waals surface area contributed by atoms with Crippen LogP contribution in [0.25, 0.3) is 5.57 Å². The molecule has 1 fully saturated rings. The third-order valence-electron chi connectivity index (χ3n) is 7.00. The Morgan fingerprint density at radius 3 is 2.47 bits per heavy atom. The zero-order valence-corrected chi connectivity index (χ0v) is 19.7. The normalized spacial score (nSPS) is 23.0. The Balaban J connectivity index is 1.37. The van der Waals surface area contributed by atoms with Gasteiger partial charge in [-0.3, -0.25) is 4.90 Å². The van der Waals surface area contributed by atoms with Crippen LogP contribution in [0.2, 0.25) is 0 Å². The maximum atomic E-state index is 10.2. The van der Waals surface area contributed by atoms with Crippen molar-refractivity contribution in [3.05, 3.63) is 88.7 Å². The summed E-state index contributed by atoms with van der Waals surface area (Å²) in [6, 6.07) is 15.4. The molecule has 0 bridgehead atoms. The van der Waals surface area contributed by atoms with Gasteiger partial charge in [-0.05, 0) is 73.8 Å². The van der Waals surface area contributed by atoms with Crippen LogP contribution >= 0.6 is 0 Å². The van der Waals surface area contributed by atoms with Crippen LogP contribution in [-0.2, 0) is 4.74 Å². The second-order valence-electron chi connectivity index (χ2n) is 9.37. The van der Waals surface area contributed by atoms with Crippen molar-refractivity contribution in [3.8, 4) is 11.5 Å². The molecule has 34 heavy (non-hydrogen) atoms. The van der Waals surface area contributed by atoms with Gasteiger partial charge in [0.25, 0.3) is 0 Å². The highest BCUT2D eigenvalue weighted by Gasteiger charge is 2.32. The first-order valence-electron chi connectivity index (χ1n) is 12.3. The number of phenols is 1. The maximum absolute atomic E-state index is 10.2. The topological polar surface area (TPSA) is 62.2 Å². The number of phenolic OH excluding ortho intramolecular Hbond substituents is 1. The average Bonchev–Trinajstić information content (AvgIpc) is 2.86. The number of allylic oxidation sites excluding steroid dienone is 3. The molecule has 2 aromatic carbocycles. The molecule has 2 N–H and O–H groups in total. The van der Waals surface area contributed by atoms with E-state index in [1.807, 2.05) is 36.4 Å². The van der Waals surface area contributed by atoms with Crippen LogP contribution in [0.1, 0.15) is 49.8 Å². The quantitative estimate of drug-likeness (QED) is 0.608. The first kappa shape index (κ1) is 22.8. The molecule has 0 saturated carbocycles. The summed E-state index contributed by atoms with van der Waals surface area (Å²) in [4.78, 5) is 2.48. The smallest absolute Gasteiger partial charge is 0.149 e. The molecule has 1 unspecified atom stereocenters. The van der Waals surface area contributed by atoms with Crippen molar-refractivity contribution in [1.29, 1.82) is 0 Å². The molecule has 3 aliphatic rings. The number of piperidine rings is 1. The van der Waals surface area contributed by atoms with Crippen molar-refractivity contribution >= 4 is 5.57 Å². The molecular formula is C29H33NO4. The molecule has 0 amide bonds. The molecule has 5 nitrogen and oxygen atoms in total. The number of likely N-dealkylation sites (tertiary alicyclic amines) is 1. The highest BCUT2D eigenvalue weighted by molar-refractivity contribution is 5.79. The second kappa shape index (κ2) is 10.1. The Hall–Kier alpha value is -3.02. The predicted octanol–water partition coefficient (Wildman–Crippen LogP) is 5.38. The molecule has 2 heterocycles. The molecule has 2 aliphatic heterocycles. The monoisotopic (exact) mass is 459 g/mol. The highest BCUT2D eigenvalue weighted by Crippen LogP contribution is 2.46. The van der Waals surface area contributed by atoms with Gasteiger partial charge in [0.15, 0.2) is 0 Å². The van der Waals surface area contributed by atoms with E-state index in [0.717, 1.165) is 45.9 Å². The number of nitrogens with zero attached hydrogens (tertiary/aromatic N) is 1. The number of rotatable bonds is 6. The summed E-state index contributed by atoms with van der Waals surface area (Å²) in [5, 5.41) is 19.9. The first-order valence-corrected chi connectivity index (χ1v) is 12.3. The Labute approximate surface area is 201 Å². The summed E-state index contributed by atoms with van der Waals surface area (Å²) in [5.74, 6) is 1.92. The van der Waals surface area contributed by atoms with Gasteiger partial charge in [-0.15, -0.1) is 0 Å². The number of ether oxygens (including phenoxy) is 2. The maximum Gasteiger partial charge on any atom is 0.149 e. The third-order valence-corrected chi connectivity index (χ3v) is 7.00. The Bertz CT molecular complexity index is 1090. The van der Waals surface area contributed by atoms with E-state index in [-0.39, 0.29) is 11.9 Å². The van der Waals surface area contributed by atoms with E-state index >= 15 is 0 Å². The van der Waals surface area contributed by atoms with Gasteiger partial charge in [-0.2, -0.15) is 0 Å². The van der Waals surface area contributed by atoms with E-state index < -0.39 is 6.10 Å². The summed E-state index contributed by atoms with van der Waals surface area (Å²) >= 11 is 0. The summed E-state index contributed by atoms with van der Waals surface area (Å²) in [5.41, 5.74) is 5.26. The van der Waals surface area contributed by atoms with E-state index in [1.165, 1.54) is 32.4 Å². The van der Waals surface area contributed by atoms with Crippen molar-refractivity contribution in [2.24, 2.45) is 0 Å². The minimum absolute atomic E-state index is 0.238. The first-order chi connectivity index (χ1) is 16.6. The molecule has 2 aromatic rings. The van der Waals surface area contributed by atoms with Crippen LogP contribution in [-0.4, -0.2) is 47.5 Å². The van der Waals surface area contributed by atoms with Gasteiger partial charge < -0.3 is 19.7 Å². The minimum atomic E-state index is -0.530.